The monoisotopic (exact) mass is 280 g/mol. The van der Waals surface area contributed by atoms with Gasteiger partial charge in [0, 0.05) is 5.56 Å². The largest absolute Gasteiger partial charge is 0.389 e. The van der Waals surface area contributed by atoms with Gasteiger partial charge in [0.05, 0.1) is 18.3 Å². The van der Waals surface area contributed by atoms with Crippen molar-refractivity contribution < 1.29 is 19.1 Å². The van der Waals surface area contributed by atoms with Crippen molar-refractivity contribution in [1.29, 1.82) is 0 Å². The van der Waals surface area contributed by atoms with Crippen LogP contribution in [0.4, 0.5) is 10.1 Å². The maximum atomic E-state index is 14.2. The van der Waals surface area contributed by atoms with Crippen molar-refractivity contribution in [2.45, 2.75) is 32.4 Å². The lowest BCUT2D eigenvalue weighted by Gasteiger charge is -2.42. The van der Waals surface area contributed by atoms with E-state index in [1.165, 1.54) is 24.0 Å². The van der Waals surface area contributed by atoms with E-state index >= 15 is 0 Å². The molecule has 20 heavy (non-hydrogen) atoms. The molecule has 1 heterocycles. The highest BCUT2D eigenvalue weighted by Crippen LogP contribution is 2.34. The van der Waals surface area contributed by atoms with Crippen LogP contribution < -0.4 is 10.2 Å². The van der Waals surface area contributed by atoms with Crippen molar-refractivity contribution in [1.82, 2.24) is 5.32 Å². The van der Waals surface area contributed by atoms with Gasteiger partial charge in [0.15, 0.2) is 0 Å². The van der Waals surface area contributed by atoms with E-state index in [0.717, 1.165) is 0 Å². The van der Waals surface area contributed by atoms with E-state index in [1.54, 1.807) is 19.9 Å². The van der Waals surface area contributed by atoms with Crippen LogP contribution in [-0.2, 0) is 9.59 Å². The second kappa shape index (κ2) is 4.86. The lowest BCUT2D eigenvalue weighted by molar-refractivity contribution is -0.135. The number of para-hydroxylation sites is 1. The normalized spacial score (nSPS) is 19.8. The van der Waals surface area contributed by atoms with Crippen LogP contribution in [0.25, 0.3) is 0 Å². The number of aliphatic hydroxyl groups excluding tert-OH is 1. The summed E-state index contributed by atoms with van der Waals surface area (Å²) in [5.41, 5.74) is -0.643. The van der Waals surface area contributed by atoms with Crippen LogP contribution >= 0.6 is 0 Å². The van der Waals surface area contributed by atoms with Crippen molar-refractivity contribution in [3.63, 3.8) is 0 Å². The maximum Gasteiger partial charge on any atom is 0.251 e. The zero-order chi connectivity index (χ0) is 15.1. The van der Waals surface area contributed by atoms with Gasteiger partial charge in [-0.2, -0.15) is 0 Å². The van der Waals surface area contributed by atoms with Gasteiger partial charge in [-0.05, 0) is 26.8 Å². The number of anilines is 1. The molecule has 0 bridgehead atoms. The average Bonchev–Trinajstić information content (AvgIpc) is 2.34. The van der Waals surface area contributed by atoms with Gasteiger partial charge in [-0.3, -0.25) is 14.9 Å². The predicted octanol–water partition coefficient (Wildman–Crippen LogP) is 1.12. The smallest absolute Gasteiger partial charge is 0.251 e. The second-order valence-electron chi connectivity index (χ2n) is 5.38. The third kappa shape index (κ3) is 2.27. The third-order valence-corrected chi connectivity index (χ3v) is 3.52. The Morgan fingerprint density at radius 3 is 2.65 bits per heavy atom. The number of benzene rings is 1. The number of nitrogens with one attached hydrogen (secondary N) is 1. The topological polar surface area (TPSA) is 69.6 Å². The Hall–Kier alpha value is -1.95. The molecule has 2 N–H and O–H groups in total. The van der Waals surface area contributed by atoms with Crippen molar-refractivity contribution in [3.05, 3.63) is 29.6 Å². The Labute approximate surface area is 116 Å². The van der Waals surface area contributed by atoms with Crippen LogP contribution in [-0.4, -0.2) is 29.0 Å². The van der Waals surface area contributed by atoms with Gasteiger partial charge in [-0.25, -0.2) is 4.39 Å². The summed E-state index contributed by atoms with van der Waals surface area (Å²) < 4.78 is 14.2. The Kier molecular flexibility index (Phi) is 3.52. The number of halogens is 1. The molecule has 1 atom stereocenters. The minimum atomic E-state index is -1.08. The number of amides is 2. The van der Waals surface area contributed by atoms with E-state index < -0.39 is 29.3 Å². The lowest BCUT2D eigenvalue weighted by atomic mass is 9.95. The highest BCUT2D eigenvalue weighted by molar-refractivity contribution is 6.06. The highest BCUT2D eigenvalue weighted by atomic mass is 19.1. The summed E-state index contributed by atoms with van der Waals surface area (Å²) >= 11 is 0. The van der Waals surface area contributed by atoms with Crippen molar-refractivity contribution in [2.24, 2.45) is 0 Å². The first-order chi connectivity index (χ1) is 9.25. The summed E-state index contributed by atoms with van der Waals surface area (Å²) in [6, 6.07) is 4.31. The molecule has 0 saturated carbocycles. The van der Waals surface area contributed by atoms with Crippen LogP contribution in [0.2, 0.25) is 0 Å². The summed E-state index contributed by atoms with van der Waals surface area (Å²) in [4.78, 5) is 24.9. The van der Waals surface area contributed by atoms with Crippen molar-refractivity contribution in [3.8, 4) is 0 Å². The van der Waals surface area contributed by atoms with Crippen LogP contribution in [0.15, 0.2) is 18.2 Å². The van der Waals surface area contributed by atoms with E-state index in [9.17, 15) is 19.1 Å². The Balaban J connectivity index is 2.60. The van der Waals surface area contributed by atoms with E-state index in [1.807, 2.05) is 0 Å². The van der Waals surface area contributed by atoms with E-state index in [-0.39, 0.29) is 12.2 Å². The minimum Gasteiger partial charge on any atom is -0.389 e. The first-order valence-corrected chi connectivity index (χ1v) is 6.33. The first-order valence-electron chi connectivity index (χ1n) is 6.33. The van der Waals surface area contributed by atoms with Crippen LogP contribution in [0.3, 0.4) is 0 Å². The number of carbonyl (C=O) groups is 2. The first kappa shape index (κ1) is 14.5. The summed E-state index contributed by atoms with van der Waals surface area (Å²) in [7, 11) is 0. The number of hydrogen-bond acceptors (Lipinski definition) is 4. The molecular weight excluding hydrogens is 263 g/mol. The molecule has 5 nitrogen and oxygen atoms in total. The number of imide groups is 1. The van der Waals surface area contributed by atoms with E-state index in [0.29, 0.717) is 5.56 Å². The third-order valence-electron chi connectivity index (χ3n) is 3.52. The molecule has 1 aliphatic heterocycles. The molecule has 1 saturated heterocycles. The molecule has 0 radical (unpaired) electrons. The zero-order valence-corrected chi connectivity index (χ0v) is 11.6. The molecule has 0 aromatic heterocycles. The highest BCUT2D eigenvalue weighted by Gasteiger charge is 2.42. The molecule has 1 aromatic carbocycles. The Morgan fingerprint density at radius 2 is 2.05 bits per heavy atom. The van der Waals surface area contributed by atoms with Gasteiger partial charge in [0.2, 0.25) is 5.91 Å². The number of hydrogen-bond donors (Lipinski definition) is 2. The molecule has 0 aliphatic carbocycles. The van der Waals surface area contributed by atoms with Crippen molar-refractivity contribution >= 4 is 17.5 Å². The molecule has 1 aliphatic rings. The van der Waals surface area contributed by atoms with Crippen molar-refractivity contribution in [2.75, 3.05) is 11.4 Å². The number of rotatable bonds is 2. The molecule has 0 spiro atoms. The number of carbonyl (C=O) groups excluding carboxylic acids is 2. The summed E-state index contributed by atoms with van der Waals surface area (Å²) in [5, 5.41) is 12.0. The fraction of sp³-hybridized carbons (Fsp3) is 0.429. The zero-order valence-electron chi connectivity index (χ0n) is 11.6. The molecule has 6 heteroatoms. The van der Waals surface area contributed by atoms with Gasteiger partial charge in [-0.1, -0.05) is 12.1 Å². The minimum absolute atomic E-state index is 0.0932. The summed E-state index contributed by atoms with van der Waals surface area (Å²) in [6.07, 6.45) is -0.906. The summed E-state index contributed by atoms with van der Waals surface area (Å²) in [5.74, 6) is -1.55. The van der Waals surface area contributed by atoms with Gasteiger partial charge >= 0.3 is 0 Å². The second-order valence-corrected chi connectivity index (χ2v) is 5.38. The number of piperazine rings is 1. The van der Waals surface area contributed by atoms with E-state index in [2.05, 4.69) is 5.32 Å². The lowest BCUT2D eigenvalue weighted by Crippen LogP contribution is -2.64. The quantitative estimate of drug-likeness (QED) is 0.797. The maximum absolute atomic E-state index is 14.2. The standard InChI is InChI=1S/C14H17FN2O3/c1-8(18)9-5-4-6-10(15)12(9)17-7-11(19)16-13(20)14(17,2)3/h4-6,8,18H,7H2,1-3H3,(H,16,19,20). The van der Waals surface area contributed by atoms with Gasteiger partial charge in [0.25, 0.3) is 5.91 Å². The molecule has 2 amide bonds. The van der Waals surface area contributed by atoms with Crippen LogP contribution in [0.1, 0.15) is 32.4 Å². The number of aliphatic hydroxyl groups is 1. The molecule has 1 unspecified atom stereocenters. The Morgan fingerprint density at radius 1 is 1.40 bits per heavy atom. The molecular formula is C14H17FN2O3. The van der Waals surface area contributed by atoms with Gasteiger partial charge < -0.3 is 10.0 Å². The fourth-order valence-electron chi connectivity index (χ4n) is 2.30. The molecule has 1 fully saturated rings. The molecule has 2 rings (SSSR count). The summed E-state index contributed by atoms with van der Waals surface area (Å²) in [6.45, 7) is 4.58. The van der Waals surface area contributed by atoms with Gasteiger partial charge in [-0.15, -0.1) is 0 Å². The molecule has 1 aromatic rings. The average molecular weight is 280 g/mol. The number of nitrogens with zero attached hydrogens (tertiary/aromatic N) is 1. The molecule has 108 valence electrons. The SMILES string of the molecule is CC(O)c1cccc(F)c1N1CC(=O)NC(=O)C1(C)C. The van der Waals surface area contributed by atoms with Gasteiger partial charge in [0.1, 0.15) is 11.4 Å². The Bertz CT molecular complexity index is 570. The van der Waals surface area contributed by atoms with E-state index in [4.69, 9.17) is 0 Å². The van der Waals surface area contributed by atoms with Crippen LogP contribution in [0, 0.1) is 5.82 Å². The predicted molar refractivity (Wildman–Crippen MR) is 71.6 cm³/mol. The van der Waals surface area contributed by atoms with Crippen LogP contribution in [0.5, 0.6) is 0 Å². The fourth-order valence-corrected chi connectivity index (χ4v) is 2.30.